The summed E-state index contributed by atoms with van der Waals surface area (Å²) < 4.78 is 0. The normalized spacial score (nSPS) is 25.0. The van der Waals surface area contributed by atoms with Crippen molar-refractivity contribution >= 4 is 17.7 Å². The lowest BCUT2D eigenvalue weighted by molar-refractivity contribution is -0.120. The molecule has 0 spiro atoms. The molecule has 1 amide bonds. The van der Waals surface area contributed by atoms with Gasteiger partial charge in [-0.15, -0.1) is 11.8 Å². The molecule has 1 aliphatic carbocycles. The van der Waals surface area contributed by atoms with E-state index >= 15 is 0 Å². The van der Waals surface area contributed by atoms with Crippen molar-refractivity contribution in [3.63, 3.8) is 0 Å². The van der Waals surface area contributed by atoms with Crippen LogP contribution in [-0.4, -0.2) is 17.2 Å². The Morgan fingerprint density at radius 1 is 1.38 bits per heavy atom. The van der Waals surface area contributed by atoms with E-state index in [-0.39, 0.29) is 5.91 Å². The largest absolute Gasteiger partial charge is 0.337 e. The maximum absolute atomic E-state index is 12.1. The summed E-state index contributed by atoms with van der Waals surface area (Å²) in [5, 5.41) is 12.4. The van der Waals surface area contributed by atoms with E-state index in [1.807, 2.05) is 30.3 Å². The quantitative estimate of drug-likeness (QED) is 0.843. The van der Waals surface area contributed by atoms with Gasteiger partial charge in [-0.2, -0.15) is 5.26 Å². The van der Waals surface area contributed by atoms with Gasteiger partial charge in [-0.3, -0.25) is 4.79 Å². The van der Waals surface area contributed by atoms with E-state index in [0.717, 1.165) is 30.6 Å². The van der Waals surface area contributed by atoms with Gasteiger partial charge < -0.3 is 5.32 Å². The average molecular weight is 302 g/mol. The third-order valence-corrected chi connectivity index (χ3v) is 5.25. The third-order valence-electron chi connectivity index (χ3n) is 4.24. The van der Waals surface area contributed by atoms with Crippen LogP contribution in [0.3, 0.4) is 0 Å². The molecule has 2 rings (SSSR count). The van der Waals surface area contributed by atoms with Gasteiger partial charge in [-0.05, 0) is 43.7 Å². The molecule has 0 bridgehead atoms. The molecule has 112 valence electrons. The summed E-state index contributed by atoms with van der Waals surface area (Å²) in [6.07, 6.45) is 4.80. The molecule has 1 fully saturated rings. The number of hydrogen-bond donors (Lipinski definition) is 1. The third kappa shape index (κ3) is 4.50. The van der Waals surface area contributed by atoms with Crippen LogP contribution in [-0.2, 0) is 4.79 Å². The number of nitriles is 1. The maximum Gasteiger partial charge on any atom is 0.231 e. The Hall–Kier alpha value is -1.47. The van der Waals surface area contributed by atoms with Gasteiger partial charge in [0.15, 0.2) is 0 Å². The first-order valence-corrected chi connectivity index (χ1v) is 8.56. The van der Waals surface area contributed by atoms with Gasteiger partial charge >= 0.3 is 0 Å². The second-order valence-electron chi connectivity index (χ2n) is 5.70. The number of thioether (sulfide) groups is 1. The molecule has 0 aliphatic heterocycles. The summed E-state index contributed by atoms with van der Waals surface area (Å²) in [5.74, 6) is 1.03. The lowest BCUT2D eigenvalue weighted by atomic mass is 9.76. The Labute approximate surface area is 131 Å². The summed E-state index contributed by atoms with van der Waals surface area (Å²) in [4.78, 5) is 13.2. The van der Waals surface area contributed by atoms with Crippen molar-refractivity contribution in [1.29, 1.82) is 5.26 Å². The fourth-order valence-corrected chi connectivity index (χ4v) is 3.53. The second-order valence-corrected chi connectivity index (χ2v) is 6.74. The number of amides is 1. The Morgan fingerprint density at radius 2 is 2.05 bits per heavy atom. The van der Waals surface area contributed by atoms with E-state index in [0.29, 0.717) is 11.7 Å². The zero-order chi connectivity index (χ0) is 15.1. The standard InChI is InChI=1S/C17H22N2OS/c1-2-14-8-10-17(13-18,11-9-14)19-16(20)12-21-15-6-4-3-5-7-15/h3-7,14H,2,8-12H2,1H3,(H,19,20). The predicted molar refractivity (Wildman–Crippen MR) is 85.9 cm³/mol. The molecule has 1 aliphatic rings. The molecule has 0 atom stereocenters. The topological polar surface area (TPSA) is 52.9 Å². The summed E-state index contributed by atoms with van der Waals surface area (Å²) in [6, 6.07) is 12.2. The fourth-order valence-electron chi connectivity index (χ4n) is 2.81. The predicted octanol–water partition coefficient (Wildman–Crippen LogP) is 3.76. The highest BCUT2D eigenvalue weighted by molar-refractivity contribution is 8.00. The van der Waals surface area contributed by atoms with Crippen molar-refractivity contribution in [2.75, 3.05) is 5.75 Å². The van der Waals surface area contributed by atoms with Gasteiger partial charge in [0.05, 0.1) is 11.8 Å². The van der Waals surface area contributed by atoms with Gasteiger partial charge in [0, 0.05) is 4.90 Å². The first-order valence-electron chi connectivity index (χ1n) is 7.57. The average Bonchev–Trinajstić information content (AvgIpc) is 2.54. The van der Waals surface area contributed by atoms with Gasteiger partial charge in [0.2, 0.25) is 5.91 Å². The number of carbonyl (C=O) groups excluding carboxylic acids is 1. The molecule has 0 unspecified atom stereocenters. The van der Waals surface area contributed by atoms with Crippen LogP contribution in [0.4, 0.5) is 0 Å². The highest BCUT2D eigenvalue weighted by Crippen LogP contribution is 2.33. The fraction of sp³-hybridized carbons (Fsp3) is 0.529. The van der Waals surface area contributed by atoms with Gasteiger partial charge in [0.1, 0.15) is 5.54 Å². The number of nitrogens with one attached hydrogen (secondary N) is 1. The Bertz CT molecular complexity index is 501. The Morgan fingerprint density at radius 3 is 2.62 bits per heavy atom. The summed E-state index contributed by atoms with van der Waals surface area (Å²) in [6.45, 7) is 2.19. The molecular weight excluding hydrogens is 280 g/mol. The molecule has 1 saturated carbocycles. The van der Waals surface area contributed by atoms with Gasteiger partial charge in [-0.25, -0.2) is 0 Å². The smallest absolute Gasteiger partial charge is 0.231 e. The van der Waals surface area contributed by atoms with Crippen LogP contribution in [0, 0.1) is 17.2 Å². The van der Waals surface area contributed by atoms with E-state index in [1.54, 1.807) is 0 Å². The molecule has 0 saturated heterocycles. The van der Waals surface area contributed by atoms with Crippen molar-refractivity contribution in [3.05, 3.63) is 30.3 Å². The second kappa shape index (κ2) is 7.51. The van der Waals surface area contributed by atoms with E-state index in [4.69, 9.17) is 0 Å². The molecule has 1 aromatic carbocycles. The number of hydrogen-bond acceptors (Lipinski definition) is 3. The molecular formula is C17H22N2OS. The highest BCUT2D eigenvalue weighted by atomic mass is 32.2. The van der Waals surface area contributed by atoms with E-state index in [1.165, 1.54) is 18.2 Å². The van der Waals surface area contributed by atoms with E-state index < -0.39 is 5.54 Å². The number of benzene rings is 1. The van der Waals surface area contributed by atoms with Crippen LogP contribution in [0.25, 0.3) is 0 Å². The zero-order valence-electron chi connectivity index (χ0n) is 12.5. The number of rotatable bonds is 5. The van der Waals surface area contributed by atoms with Crippen molar-refractivity contribution in [1.82, 2.24) is 5.32 Å². The summed E-state index contributed by atoms with van der Waals surface area (Å²) in [5.41, 5.74) is -0.639. The van der Waals surface area contributed by atoms with Crippen molar-refractivity contribution in [3.8, 4) is 6.07 Å². The van der Waals surface area contributed by atoms with Crippen LogP contribution in [0.1, 0.15) is 39.0 Å². The molecule has 21 heavy (non-hydrogen) atoms. The van der Waals surface area contributed by atoms with E-state index in [2.05, 4.69) is 18.3 Å². The maximum atomic E-state index is 12.1. The highest BCUT2D eigenvalue weighted by Gasteiger charge is 2.36. The van der Waals surface area contributed by atoms with Crippen LogP contribution >= 0.6 is 11.8 Å². The molecule has 1 aromatic rings. The summed E-state index contributed by atoms with van der Waals surface area (Å²) in [7, 11) is 0. The van der Waals surface area contributed by atoms with Crippen molar-refractivity contribution < 1.29 is 4.79 Å². The molecule has 0 aromatic heterocycles. The molecule has 0 heterocycles. The van der Waals surface area contributed by atoms with Crippen LogP contribution in [0.5, 0.6) is 0 Å². The minimum absolute atomic E-state index is 0.0413. The first-order chi connectivity index (χ1) is 10.2. The minimum Gasteiger partial charge on any atom is -0.337 e. The van der Waals surface area contributed by atoms with Crippen molar-refractivity contribution in [2.24, 2.45) is 5.92 Å². The van der Waals surface area contributed by atoms with Crippen molar-refractivity contribution in [2.45, 2.75) is 49.5 Å². The molecule has 4 heteroatoms. The monoisotopic (exact) mass is 302 g/mol. The lowest BCUT2D eigenvalue weighted by Gasteiger charge is -2.35. The number of nitrogens with zero attached hydrogens (tertiary/aromatic N) is 1. The minimum atomic E-state index is -0.639. The SMILES string of the molecule is CCC1CCC(C#N)(NC(=O)CSc2ccccc2)CC1. The Kier molecular flexibility index (Phi) is 5.69. The Balaban J connectivity index is 1.85. The van der Waals surface area contributed by atoms with Crippen LogP contribution < -0.4 is 5.32 Å². The van der Waals surface area contributed by atoms with Crippen LogP contribution in [0.15, 0.2) is 35.2 Å². The number of carbonyl (C=O) groups is 1. The van der Waals surface area contributed by atoms with Gasteiger partial charge in [0.25, 0.3) is 0 Å². The lowest BCUT2D eigenvalue weighted by Crippen LogP contribution is -2.50. The van der Waals surface area contributed by atoms with E-state index in [9.17, 15) is 10.1 Å². The molecule has 0 radical (unpaired) electrons. The summed E-state index contributed by atoms with van der Waals surface area (Å²) >= 11 is 1.51. The van der Waals surface area contributed by atoms with Gasteiger partial charge in [-0.1, -0.05) is 31.5 Å². The first kappa shape index (κ1) is 15.9. The van der Waals surface area contributed by atoms with Crippen LogP contribution in [0.2, 0.25) is 0 Å². The molecule has 3 nitrogen and oxygen atoms in total. The zero-order valence-corrected chi connectivity index (χ0v) is 13.3. The molecule has 1 N–H and O–H groups in total.